The molecule has 1 heteroatoms. The second-order valence-electron chi connectivity index (χ2n) is 4.96. The third-order valence-corrected chi connectivity index (χ3v) is 4.91. The topological polar surface area (TPSA) is 0 Å². The molecule has 0 aliphatic rings. The van der Waals surface area contributed by atoms with Crippen molar-refractivity contribution in [2.45, 2.75) is 6.16 Å². The van der Waals surface area contributed by atoms with Crippen LogP contribution in [-0.2, 0) is 6.16 Å². The first-order chi connectivity index (χ1) is 8.16. The van der Waals surface area contributed by atoms with E-state index in [2.05, 4.69) is 79.8 Å². The van der Waals surface area contributed by atoms with Crippen LogP contribution in [0, 0.1) is 0 Å². The van der Waals surface area contributed by atoms with Gasteiger partial charge in [0.1, 0.15) is 0 Å². The summed E-state index contributed by atoms with van der Waals surface area (Å²) in [6.45, 7) is 3.78. The zero-order valence-corrected chi connectivity index (χ0v) is 11.4. The lowest BCUT2D eigenvalue weighted by Crippen LogP contribution is -1.91. The van der Waals surface area contributed by atoms with Gasteiger partial charge in [-0.15, -0.1) is 6.89 Å². The van der Waals surface area contributed by atoms with E-state index in [0.717, 1.165) is 0 Å². The molecule has 0 saturated carbocycles. The van der Waals surface area contributed by atoms with Crippen molar-refractivity contribution in [1.82, 2.24) is 0 Å². The number of rotatable bonds is 3. The smallest absolute Gasteiger partial charge is 0.00788 e. The van der Waals surface area contributed by atoms with E-state index in [0.29, 0.717) is 0 Å². The number of hydrogen-bond donors (Lipinski definition) is 0. The molecule has 0 amide bonds. The first kappa shape index (κ1) is 12.2. The highest BCUT2D eigenvalue weighted by Crippen LogP contribution is 2.42. The van der Waals surface area contributed by atoms with Gasteiger partial charge in [0, 0.05) is 0 Å². The Bertz CT molecular complexity index is 506. The molecule has 88 valence electrons. The van der Waals surface area contributed by atoms with Gasteiger partial charge in [0.05, 0.1) is 0 Å². The molecule has 0 bridgehead atoms. The molecule has 2 aromatic carbocycles. The van der Waals surface area contributed by atoms with E-state index in [4.69, 9.17) is 0 Å². The van der Waals surface area contributed by atoms with Crippen molar-refractivity contribution in [3.05, 3.63) is 71.8 Å². The largest absolute Gasteiger partial charge is 0.106 e. The standard InChI is InChI=1S/C16H19P/c1-17(2,13-15-9-5-3-6-10-15)14-16-11-7-4-8-12-16/h3-13H,14H2,1-2H3. The minimum atomic E-state index is -1.01. The minimum Gasteiger partial charge on any atom is -0.106 e. The van der Waals surface area contributed by atoms with Crippen LogP contribution in [0.5, 0.6) is 0 Å². The van der Waals surface area contributed by atoms with Gasteiger partial charge in [0.2, 0.25) is 0 Å². The molecule has 0 N–H and O–H groups in total. The van der Waals surface area contributed by atoms with Crippen LogP contribution in [-0.4, -0.2) is 19.1 Å². The van der Waals surface area contributed by atoms with Gasteiger partial charge in [-0.05, 0) is 30.6 Å². The second-order valence-corrected chi connectivity index (χ2v) is 9.09. The van der Waals surface area contributed by atoms with Crippen LogP contribution >= 0.6 is 6.89 Å². The fourth-order valence-corrected chi connectivity index (χ4v) is 4.26. The van der Waals surface area contributed by atoms with E-state index in [9.17, 15) is 0 Å². The van der Waals surface area contributed by atoms with Crippen molar-refractivity contribution in [2.24, 2.45) is 0 Å². The molecule has 0 saturated heterocycles. The molecule has 0 spiro atoms. The maximum atomic E-state index is 2.46. The highest BCUT2D eigenvalue weighted by molar-refractivity contribution is 7.73. The average Bonchev–Trinajstić information content (AvgIpc) is 2.30. The third kappa shape index (κ3) is 3.91. The van der Waals surface area contributed by atoms with Gasteiger partial charge >= 0.3 is 0 Å². The molecule has 0 heterocycles. The first-order valence-corrected chi connectivity index (χ1v) is 8.87. The van der Waals surface area contributed by atoms with Crippen LogP contribution in [0.3, 0.4) is 0 Å². The lowest BCUT2D eigenvalue weighted by molar-refractivity contribution is 1.39. The van der Waals surface area contributed by atoms with Gasteiger partial charge in [-0.3, -0.25) is 0 Å². The quantitative estimate of drug-likeness (QED) is 0.703. The van der Waals surface area contributed by atoms with Crippen molar-refractivity contribution in [1.29, 1.82) is 0 Å². The molecule has 2 aromatic rings. The SMILES string of the molecule is CP(C)(=Cc1ccccc1)Cc1ccccc1. The van der Waals surface area contributed by atoms with Gasteiger partial charge in [0.25, 0.3) is 0 Å². The van der Waals surface area contributed by atoms with Gasteiger partial charge in [-0.1, -0.05) is 66.5 Å². The lowest BCUT2D eigenvalue weighted by atomic mass is 10.2. The second kappa shape index (κ2) is 5.38. The Hall–Kier alpha value is -1.26. The Labute approximate surface area is 104 Å². The first-order valence-electron chi connectivity index (χ1n) is 5.93. The Kier molecular flexibility index (Phi) is 3.86. The molecular formula is C16H19P. The molecule has 2 rings (SSSR count). The summed E-state index contributed by atoms with van der Waals surface area (Å²) < 4.78 is 0. The van der Waals surface area contributed by atoms with Crippen LogP contribution in [0.25, 0.3) is 0 Å². The molecule has 0 aromatic heterocycles. The van der Waals surface area contributed by atoms with E-state index in [1.54, 1.807) is 0 Å². The molecule has 0 unspecified atom stereocenters. The summed E-state index contributed by atoms with van der Waals surface area (Å²) in [5.41, 5.74) is 2.79. The molecule has 0 atom stereocenters. The van der Waals surface area contributed by atoms with Crippen LogP contribution in [0.4, 0.5) is 0 Å². The zero-order chi connectivity index (χ0) is 12.1. The molecule has 0 nitrogen and oxygen atoms in total. The van der Waals surface area contributed by atoms with Crippen molar-refractivity contribution in [3.63, 3.8) is 0 Å². The van der Waals surface area contributed by atoms with E-state index < -0.39 is 6.89 Å². The van der Waals surface area contributed by atoms with Crippen LogP contribution < -0.4 is 0 Å². The number of hydrogen-bond acceptors (Lipinski definition) is 0. The maximum absolute atomic E-state index is 2.46. The van der Waals surface area contributed by atoms with Gasteiger partial charge < -0.3 is 0 Å². The van der Waals surface area contributed by atoms with Crippen LogP contribution in [0.1, 0.15) is 11.1 Å². The Morgan fingerprint density at radius 2 is 1.35 bits per heavy atom. The Balaban J connectivity index is 2.22. The molecule has 0 radical (unpaired) electrons. The van der Waals surface area contributed by atoms with Crippen molar-refractivity contribution < 1.29 is 0 Å². The van der Waals surface area contributed by atoms with Crippen molar-refractivity contribution >= 4 is 12.7 Å². The van der Waals surface area contributed by atoms with Gasteiger partial charge in [-0.25, -0.2) is 0 Å². The summed E-state index contributed by atoms with van der Waals surface area (Å²) in [5, 5.41) is 0. The fraction of sp³-hybridized carbons (Fsp3) is 0.188. The van der Waals surface area contributed by atoms with Crippen LogP contribution in [0.2, 0.25) is 0 Å². The van der Waals surface area contributed by atoms with Crippen LogP contribution in [0.15, 0.2) is 60.7 Å². The number of benzene rings is 2. The summed E-state index contributed by atoms with van der Waals surface area (Å²) in [6, 6.07) is 21.4. The van der Waals surface area contributed by atoms with E-state index in [1.807, 2.05) is 0 Å². The van der Waals surface area contributed by atoms with E-state index in [1.165, 1.54) is 17.3 Å². The highest BCUT2D eigenvalue weighted by Gasteiger charge is 2.05. The third-order valence-electron chi connectivity index (χ3n) is 2.73. The Morgan fingerprint density at radius 1 is 0.824 bits per heavy atom. The molecular weight excluding hydrogens is 223 g/mol. The van der Waals surface area contributed by atoms with Gasteiger partial charge in [-0.2, -0.15) is 0 Å². The highest BCUT2D eigenvalue weighted by atomic mass is 31.2. The summed E-state index contributed by atoms with van der Waals surface area (Å²) in [5.74, 6) is 2.46. The van der Waals surface area contributed by atoms with Crippen molar-refractivity contribution in [2.75, 3.05) is 13.3 Å². The Morgan fingerprint density at radius 3 is 1.94 bits per heavy atom. The minimum absolute atomic E-state index is 1.01. The normalized spacial score (nSPS) is 11.2. The summed E-state index contributed by atoms with van der Waals surface area (Å²) in [7, 11) is 0. The summed E-state index contributed by atoms with van der Waals surface area (Å²) in [4.78, 5) is 0. The van der Waals surface area contributed by atoms with Crippen molar-refractivity contribution in [3.8, 4) is 0 Å². The zero-order valence-electron chi connectivity index (χ0n) is 10.5. The predicted molar refractivity (Wildman–Crippen MR) is 80.5 cm³/mol. The van der Waals surface area contributed by atoms with E-state index in [-0.39, 0.29) is 0 Å². The van der Waals surface area contributed by atoms with Gasteiger partial charge in [0.15, 0.2) is 0 Å². The molecule has 0 aliphatic heterocycles. The molecule has 17 heavy (non-hydrogen) atoms. The predicted octanol–water partition coefficient (Wildman–Crippen LogP) is 4.31. The average molecular weight is 242 g/mol. The monoisotopic (exact) mass is 242 g/mol. The molecule has 0 aliphatic carbocycles. The van der Waals surface area contributed by atoms with E-state index >= 15 is 0 Å². The summed E-state index contributed by atoms with van der Waals surface area (Å²) >= 11 is 0. The lowest BCUT2D eigenvalue weighted by Gasteiger charge is -2.15. The fourth-order valence-electron chi connectivity index (χ4n) is 2.04. The summed E-state index contributed by atoms with van der Waals surface area (Å²) in [6.07, 6.45) is 1.18. The maximum Gasteiger partial charge on any atom is -0.00788 e. The molecule has 0 fully saturated rings.